The predicted molar refractivity (Wildman–Crippen MR) is 76.8 cm³/mol. The van der Waals surface area contributed by atoms with Crippen LogP contribution in [0.15, 0.2) is 12.7 Å². The first-order chi connectivity index (χ1) is 9.66. The molecule has 0 atom stereocenters. The van der Waals surface area contributed by atoms with Gasteiger partial charge in [0.15, 0.2) is 0 Å². The number of rotatable bonds is 14. The van der Waals surface area contributed by atoms with Gasteiger partial charge in [-0.05, 0) is 14.1 Å². The van der Waals surface area contributed by atoms with Gasteiger partial charge in [0, 0.05) is 6.54 Å². The van der Waals surface area contributed by atoms with Crippen molar-refractivity contribution in [3.8, 4) is 0 Å². The maximum absolute atomic E-state index is 11.1. The third kappa shape index (κ3) is 15.1. The highest BCUT2D eigenvalue weighted by molar-refractivity contribution is 5.69. The van der Waals surface area contributed by atoms with Gasteiger partial charge in [0.05, 0.1) is 46.1 Å². The molecule has 0 fully saturated rings. The Kier molecular flexibility index (Phi) is 13.8. The summed E-state index contributed by atoms with van der Waals surface area (Å²) in [7, 11) is 4.01. The molecule has 0 aliphatic heterocycles. The number of nitrogens with zero attached hydrogens (tertiary/aromatic N) is 1. The first kappa shape index (κ1) is 19.1. The molecule has 0 radical (unpaired) electrons. The Morgan fingerprint density at radius 1 is 1.00 bits per heavy atom. The standard InChI is InChI=1S/C14H27NO5/c1-4-7-20-14(16)5-8-17-10-12-19-13-11-18-9-6-15(2)3/h4H,1,5-13H2,2-3H3. The fourth-order valence-corrected chi connectivity index (χ4v) is 1.17. The number of hydrogen-bond acceptors (Lipinski definition) is 6. The van der Waals surface area contributed by atoms with Gasteiger partial charge >= 0.3 is 5.97 Å². The van der Waals surface area contributed by atoms with Gasteiger partial charge in [0.2, 0.25) is 0 Å². The van der Waals surface area contributed by atoms with E-state index in [4.69, 9.17) is 18.9 Å². The van der Waals surface area contributed by atoms with Crippen molar-refractivity contribution in [3.63, 3.8) is 0 Å². The second-order valence-corrected chi connectivity index (χ2v) is 4.36. The van der Waals surface area contributed by atoms with E-state index < -0.39 is 0 Å². The highest BCUT2D eigenvalue weighted by Gasteiger charge is 2.00. The lowest BCUT2D eigenvalue weighted by Crippen LogP contribution is -2.19. The first-order valence-electron chi connectivity index (χ1n) is 6.81. The number of likely N-dealkylation sites (N-methyl/N-ethyl adjacent to an activating group) is 1. The zero-order valence-corrected chi connectivity index (χ0v) is 12.6. The summed E-state index contributed by atoms with van der Waals surface area (Å²) >= 11 is 0. The van der Waals surface area contributed by atoms with Gasteiger partial charge in [0.25, 0.3) is 0 Å². The van der Waals surface area contributed by atoms with Crippen LogP contribution in [0.1, 0.15) is 6.42 Å². The monoisotopic (exact) mass is 289 g/mol. The van der Waals surface area contributed by atoms with Gasteiger partial charge < -0.3 is 23.8 Å². The maximum Gasteiger partial charge on any atom is 0.308 e. The molecule has 0 heterocycles. The summed E-state index contributed by atoms with van der Waals surface area (Å²) in [4.78, 5) is 13.1. The van der Waals surface area contributed by atoms with Crippen LogP contribution in [0.2, 0.25) is 0 Å². The SMILES string of the molecule is C=CCOC(=O)CCOCCOCCOCCN(C)C. The van der Waals surface area contributed by atoms with E-state index in [0.29, 0.717) is 39.6 Å². The minimum Gasteiger partial charge on any atom is -0.461 e. The molecule has 0 rings (SSSR count). The highest BCUT2D eigenvalue weighted by atomic mass is 16.5. The largest absolute Gasteiger partial charge is 0.461 e. The number of hydrogen-bond donors (Lipinski definition) is 0. The van der Waals surface area contributed by atoms with Crippen LogP contribution in [0.25, 0.3) is 0 Å². The summed E-state index contributed by atoms with van der Waals surface area (Å²) < 4.78 is 20.7. The predicted octanol–water partition coefficient (Wildman–Crippen LogP) is 0.717. The molecule has 0 aliphatic rings. The second kappa shape index (κ2) is 14.5. The van der Waals surface area contributed by atoms with E-state index in [-0.39, 0.29) is 19.0 Å². The van der Waals surface area contributed by atoms with Crippen LogP contribution >= 0.6 is 0 Å². The summed E-state index contributed by atoms with van der Waals surface area (Å²) in [5.41, 5.74) is 0. The van der Waals surface area contributed by atoms with Crippen LogP contribution in [0.4, 0.5) is 0 Å². The van der Waals surface area contributed by atoms with Gasteiger partial charge in [0.1, 0.15) is 6.61 Å². The number of esters is 1. The smallest absolute Gasteiger partial charge is 0.308 e. The molecule has 0 aromatic carbocycles. The zero-order chi connectivity index (χ0) is 15.1. The van der Waals surface area contributed by atoms with Gasteiger partial charge in [-0.1, -0.05) is 12.7 Å². The van der Waals surface area contributed by atoms with E-state index in [1.807, 2.05) is 14.1 Å². The molecule has 0 saturated carbocycles. The second-order valence-electron chi connectivity index (χ2n) is 4.36. The molecule has 0 unspecified atom stereocenters. The topological polar surface area (TPSA) is 57.2 Å². The third-order valence-electron chi connectivity index (χ3n) is 2.24. The normalized spacial score (nSPS) is 10.8. The van der Waals surface area contributed by atoms with E-state index >= 15 is 0 Å². The van der Waals surface area contributed by atoms with Crippen LogP contribution in [0.3, 0.4) is 0 Å². The Hall–Kier alpha value is -0.950. The summed E-state index contributed by atoms with van der Waals surface area (Å²) in [5.74, 6) is -0.278. The number of ether oxygens (including phenoxy) is 4. The van der Waals surface area contributed by atoms with E-state index in [2.05, 4.69) is 11.5 Å². The lowest BCUT2D eigenvalue weighted by molar-refractivity contribution is -0.143. The molecular weight excluding hydrogens is 262 g/mol. The van der Waals surface area contributed by atoms with Crippen LogP contribution < -0.4 is 0 Å². The third-order valence-corrected chi connectivity index (χ3v) is 2.24. The number of carbonyl (C=O) groups is 1. The van der Waals surface area contributed by atoms with E-state index in [1.54, 1.807) is 0 Å². The Balaban J connectivity index is 3.09. The quantitative estimate of drug-likeness (QED) is 0.267. The number of carbonyl (C=O) groups excluding carboxylic acids is 1. The molecule has 0 aromatic rings. The molecular formula is C14H27NO5. The molecule has 0 aliphatic carbocycles. The van der Waals surface area contributed by atoms with E-state index in [1.165, 1.54) is 6.08 Å². The van der Waals surface area contributed by atoms with Crippen molar-refractivity contribution in [3.05, 3.63) is 12.7 Å². The van der Waals surface area contributed by atoms with Crippen LogP contribution in [0.5, 0.6) is 0 Å². The van der Waals surface area contributed by atoms with Crippen molar-refractivity contribution in [1.82, 2.24) is 4.90 Å². The van der Waals surface area contributed by atoms with Crippen LogP contribution in [0, 0.1) is 0 Å². The summed E-state index contributed by atoms with van der Waals surface area (Å²) in [6.45, 7) is 7.77. The molecule has 0 bridgehead atoms. The minimum absolute atomic E-state index is 0.246. The molecule has 0 N–H and O–H groups in total. The van der Waals surface area contributed by atoms with Crippen molar-refractivity contribution in [1.29, 1.82) is 0 Å². The lowest BCUT2D eigenvalue weighted by atomic mass is 10.5. The summed E-state index contributed by atoms with van der Waals surface area (Å²) in [5, 5.41) is 0. The van der Waals surface area contributed by atoms with Crippen LogP contribution in [-0.2, 0) is 23.7 Å². The van der Waals surface area contributed by atoms with Gasteiger partial charge in [-0.15, -0.1) is 0 Å². The molecule has 0 amide bonds. The summed E-state index contributed by atoms with van der Waals surface area (Å²) in [6.07, 6.45) is 1.79. The zero-order valence-electron chi connectivity index (χ0n) is 12.6. The molecule has 6 heteroatoms. The molecule has 0 saturated heterocycles. The Morgan fingerprint density at radius 2 is 1.55 bits per heavy atom. The molecule has 0 spiro atoms. The average molecular weight is 289 g/mol. The van der Waals surface area contributed by atoms with Crippen molar-refractivity contribution >= 4 is 5.97 Å². The van der Waals surface area contributed by atoms with Gasteiger partial charge in [-0.2, -0.15) is 0 Å². The van der Waals surface area contributed by atoms with Crippen molar-refractivity contribution < 1.29 is 23.7 Å². The maximum atomic E-state index is 11.1. The summed E-state index contributed by atoms with van der Waals surface area (Å²) in [6, 6.07) is 0. The van der Waals surface area contributed by atoms with Crippen molar-refractivity contribution in [2.75, 3.05) is 66.9 Å². The van der Waals surface area contributed by atoms with Crippen LogP contribution in [-0.4, -0.2) is 77.8 Å². The van der Waals surface area contributed by atoms with E-state index in [9.17, 15) is 4.79 Å². The average Bonchev–Trinajstić information content (AvgIpc) is 2.42. The Labute approximate surface area is 121 Å². The molecule has 0 aromatic heterocycles. The lowest BCUT2D eigenvalue weighted by Gasteiger charge is -2.10. The molecule has 6 nitrogen and oxygen atoms in total. The fourth-order valence-electron chi connectivity index (χ4n) is 1.17. The Morgan fingerprint density at radius 3 is 2.10 bits per heavy atom. The Bertz CT molecular complexity index is 246. The van der Waals surface area contributed by atoms with Gasteiger partial charge in [-0.3, -0.25) is 4.79 Å². The minimum atomic E-state index is -0.278. The van der Waals surface area contributed by atoms with Crippen molar-refractivity contribution in [2.24, 2.45) is 0 Å². The highest BCUT2D eigenvalue weighted by Crippen LogP contribution is 1.89. The van der Waals surface area contributed by atoms with Gasteiger partial charge in [-0.25, -0.2) is 0 Å². The molecule has 20 heavy (non-hydrogen) atoms. The molecule has 118 valence electrons. The fraction of sp³-hybridized carbons (Fsp3) is 0.786. The first-order valence-corrected chi connectivity index (χ1v) is 6.81. The van der Waals surface area contributed by atoms with E-state index in [0.717, 1.165) is 6.54 Å². The van der Waals surface area contributed by atoms with Crippen molar-refractivity contribution in [2.45, 2.75) is 6.42 Å².